The second-order valence-corrected chi connectivity index (χ2v) is 8.39. The van der Waals surface area contributed by atoms with E-state index in [1.807, 2.05) is 32.0 Å². The molecule has 0 N–H and O–H groups in total. The SMILES string of the molecule is Cc1ccc(N2C(=O)[C@@H]3[C@@H](C2=O)[C@@H]2C=C[C@@H]3C2=C2CCCCC2)cc1C. The van der Waals surface area contributed by atoms with Gasteiger partial charge in [-0.1, -0.05) is 35.8 Å². The first-order valence-corrected chi connectivity index (χ1v) is 9.93. The van der Waals surface area contributed by atoms with Crippen LogP contribution >= 0.6 is 0 Å². The number of imide groups is 1. The van der Waals surface area contributed by atoms with Gasteiger partial charge in [0.15, 0.2) is 0 Å². The smallest absolute Gasteiger partial charge is 0.238 e. The maximum absolute atomic E-state index is 13.3. The molecule has 4 atom stereocenters. The third kappa shape index (κ3) is 2.06. The van der Waals surface area contributed by atoms with Crippen LogP contribution in [-0.2, 0) is 9.59 Å². The first kappa shape index (κ1) is 16.0. The standard InChI is InChI=1S/C23H25NO2/c1-13-8-9-16(12-14(13)2)24-22(25)20-17-10-11-18(21(20)23(24)26)19(17)15-6-4-3-5-7-15/h8-12,17-18,20-21H,3-7H2,1-2H3/t17-,18-,20+,21+/m1/s1. The molecule has 4 aliphatic rings. The summed E-state index contributed by atoms with van der Waals surface area (Å²) in [5, 5.41) is 0. The zero-order valence-corrected chi connectivity index (χ0v) is 15.5. The van der Waals surface area contributed by atoms with E-state index < -0.39 is 0 Å². The maximum Gasteiger partial charge on any atom is 0.238 e. The van der Waals surface area contributed by atoms with Crippen LogP contribution in [0.15, 0.2) is 41.5 Å². The molecule has 1 heterocycles. The molecule has 0 radical (unpaired) electrons. The Hall–Kier alpha value is -2.16. The van der Waals surface area contributed by atoms with Crippen molar-refractivity contribution in [2.45, 2.75) is 46.0 Å². The molecule has 1 aromatic carbocycles. The van der Waals surface area contributed by atoms with Gasteiger partial charge in [0, 0.05) is 11.8 Å². The van der Waals surface area contributed by atoms with Crippen LogP contribution in [-0.4, -0.2) is 11.8 Å². The highest BCUT2D eigenvalue weighted by molar-refractivity contribution is 6.23. The average Bonchev–Trinajstić information content (AvgIpc) is 3.28. The first-order valence-electron chi connectivity index (χ1n) is 9.93. The number of nitrogens with zero attached hydrogens (tertiary/aromatic N) is 1. The van der Waals surface area contributed by atoms with Crippen molar-refractivity contribution >= 4 is 17.5 Å². The molecule has 3 heteroatoms. The van der Waals surface area contributed by atoms with E-state index in [-0.39, 0.29) is 35.5 Å². The van der Waals surface area contributed by atoms with Crippen LogP contribution < -0.4 is 4.90 Å². The van der Waals surface area contributed by atoms with Crippen LogP contribution in [0.3, 0.4) is 0 Å². The topological polar surface area (TPSA) is 37.4 Å². The molecule has 26 heavy (non-hydrogen) atoms. The zero-order chi connectivity index (χ0) is 18.0. The lowest BCUT2D eigenvalue weighted by Crippen LogP contribution is -2.33. The number of hydrogen-bond acceptors (Lipinski definition) is 2. The summed E-state index contributed by atoms with van der Waals surface area (Å²) in [5.74, 6) is -0.0210. The summed E-state index contributed by atoms with van der Waals surface area (Å²) in [5.41, 5.74) is 6.01. The molecule has 5 rings (SSSR count). The number of allylic oxidation sites excluding steroid dienone is 4. The number of aryl methyl sites for hydroxylation is 2. The zero-order valence-electron chi connectivity index (χ0n) is 15.5. The van der Waals surface area contributed by atoms with E-state index in [1.165, 1.54) is 35.3 Å². The second kappa shape index (κ2) is 5.67. The number of hydrogen-bond donors (Lipinski definition) is 0. The highest BCUT2D eigenvalue weighted by atomic mass is 16.2. The summed E-state index contributed by atoms with van der Waals surface area (Å²) in [6.45, 7) is 4.08. The highest BCUT2D eigenvalue weighted by Crippen LogP contribution is 2.58. The van der Waals surface area contributed by atoms with Gasteiger partial charge in [-0.05, 0) is 62.8 Å². The molecule has 3 aliphatic carbocycles. The third-order valence-electron chi connectivity index (χ3n) is 7.03. The van der Waals surface area contributed by atoms with Gasteiger partial charge >= 0.3 is 0 Å². The number of rotatable bonds is 1. The van der Waals surface area contributed by atoms with E-state index in [2.05, 4.69) is 12.2 Å². The summed E-state index contributed by atoms with van der Waals surface area (Å²) in [4.78, 5) is 28.0. The molecule has 2 amide bonds. The number of anilines is 1. The van der Waals surface area contributed by atoms with Gasteiger partial charge in [0.25, 0.3) is 0 Å². The molecule has 3 fully saturated rings. The normalized spacial score (nSPS) is 32.8. The van der Waals surface area contributed by atoms with Crippen molar-refractivity contribution < 1.29 is 9.59 Å². The van der Waals surface area contributed by atoms with Crippen LogP contribution in [0, 0.1) is 37.5 Å². The average molecular weight is 347 g/mol. The molecule has 0 unspecified atom stereocenters. The molecule has 0 aromatic heterocycles. The van der Waals surface area contributed by atoms with E-state index in [9.17, 15) is 9.59 Å². The predicted molar refractivity (Wildman–Crippen MR) is 102 cm³/mol. The Kier molecular flexibility index (Phi) is 3.50. The molecule has 1 aliphatic heterocycles. The van der Waals surface area contributed by atoms with Gasteiger partial charge in [-0.2, -0.15) is 0 Å². The van der Waals surface area contributed by atoms with Gasteiger partial charge in [0.1, 0.15) is 0 Å². The summed E-state index contributed by atoms with van der Waals surface area (Å²) in [6, 6.07) is 5.89. The number of carbonyl (C=O) groups excluding carboxylic acids is 2. The van der Waals surface area contributed by atoms with Crippen molar-refractivity contribution in [3.8, 4) is 0 Å². The van der Waals surface area contributed by atoms with Crippen molar-refractivity contribution in [2.24, 2.45) is 23.7 Å². The fraction of sp³-hybridized carbons (Fsp3) is 0.478. The molecule has 0 spiro atoms. The lowest BCUT2D eigenvalue weighted by atomic mass is 9.85. The molecular weight excluding hydrogens is 322 g/mol. The predicted octanol–water partition coefficient (Wildman–Crippen LogP) is 4.49. The van der Waals surface area contributed by atoms with E-state index in [0.29, 0.717) is 0 Å². The van der Waals surface area contributed by atoms with E-state index in [1.54, 1.807) is 5.57 Å². The Morgan fingerprint density at radius 3 is 2.04 bits per heavy atom. The third-order valence-corrected chi connectivity index (χ3v) is 7.03. The fourth-order valence-electron chi connectivity index (χ4n) is 5.62. The van der Waals surface area contributed by atoms with Crippen LogP contribution in [0.1, 0.15) is 43.2 Å². The van der Waals surface area contributed by atoms with Crippen LogP contribution in [0.4, 0.5) is 5.69 Å². The number of carbonyl (C=O) groups is 2. The van der Waals surface area contributed by atoms with Crippen molar-refractivity contribution in [1.29, 1.82) is 0 Å². The van der Waals surface area contributed by atoms with E-state index >= 15 is 0 Å². The molecule has 1 aromatic rings. The molecule has 3 nitrogen and oxygen atoms in total. The number of benzene rings is 1. The van der Waals surface area contributed by atoms with Crippen LogP contribution in [0.25, 0.3) is 0 Å². The molecular formula is C23H25NO2. The van der Waals surface area contributed by atoms with Gasteiger partial charge in [0.05, 0.1) is 17.5 Å². The van der Waals surface area contributed by atoms with E-state index in [0.717, 1.165) is 24.1 Å². The van der Waals surface area contributed by atoms with Gasteiger partial charge in [-0.25, -0.2) is 4.90 Å². The first-order chi connectivity index (χ1) is 12.6. The van der Waals surface area contributed by atoms with Crippen molar-refractivity contribution in [1.82, 2.24) is 0 Å². The summed E-state index contributed by atoms with van der Waals surface area (Å²) in [6.07, 6.45) is 10.6. The highest BCUT2D eigenvalue weighted by Gasteiger charge is 2.62. The Balaban J connectivity index is 1.53. The maximum atomic E-state index is 13.3. The lowest BCUT2D eigenvalue weighted by Gasteiger charge is -2.23. The minimum atomic E-state index is -0.177. The molecule has 2 saturated carbocycles. The Bertz CT molecular complexity index is 836. The van der Waals surface area contributed by atoms with Gasteiger partial charge < -0.3 is 0 Å². The lowest BCUT2D eigenvalue weighted by molar-refractivity contribution is -0.122. The fourth-order valence-corrected chi connectivity index (χ4v) is 5.62. The minimum Gasteiger partial charge on any atom is -0.274 e. The largest absolute Gasteiger partial charge is 0.274 e. The van der Waals surface area contributed by atoms with Crippen molar-refractivity contribution in [3.63, 3.8) is 0 Å². The monoisotopic (exact) mass is 347 g/mol. The Morgan fingerprint density at radius 1 is 0.846 bits per heavy atom. The van der Waals surface area contributed by atoms with Crippen molar-refractivity contribution in [3.05, 3.63) is 52.6 Å². The Labute approximate surface area is 154 Å². The van der Waals surface area contributed by atoms with Crippen LogP contribution in [0.5, 0.6) is 0 Å². The second-order valence-electron chi connectivity index (χ2n) is 8.39. The number of amides is 2. The quantitative estimate of drug-likeness (QED) is 0.555. The molecule has 2 bridgehead atoms. The van der Waals surface area contributed by atoms with E-state index in [4.69, 9.17) is 0 Å². The number of fused-ring (bicyclic) bond motifs is 5. The summed E-state index contributed by atoms with van der Waals surface area (Å²) >= 11 is 0. The van der Waals surface area contributed by atoms with Crippen LogP contribution in [0.2, 0.25) is 0 Å². The molecule has 1 saturated heterocycles. The van der Waals surface area contributed by atoms with Gasteiger partial charge in [0.2, 0.25) is 11.8 Å². The Morgan fingerprint density at radius 2 is 1.46 bits per heavy atom. The van der Waals surface area contributed by atoms with Gasteiger partial charge in [-0.15, -0.1) is 0 Å². The van der Waals surface area contributed by atoms with Gasteiger partial charge in [-0.3, -0.25) is 9.59 Å². The summed E-state index contributed by atoms with van der Waals surface area (Å²) in [7, 11) is 0. The molecule has 134 valence electrons. The minimum absolute atomic E-state index is 0.00834. The van der Waals surface area contributed by atoms with Crippen molar-refractivity contribution in [2.75, 3.05) is 4.90 Å². The summed E-state index contributed by atoms with van der Waals surface area (Å²) < 4.78 is 0.